The maximum absolute atomic E-state index is 13.1. The van der Waals surface area contributed by atoms with Crippen LogP contribution in [0.2, 0.25) is 5.02 Å². The van der Waals surface area contributed by atoms with E-state index in [1.54, 1.807) is 12.1 Å². The van der Waals surface area contributed by atoms with Crippen molar-refractivity contribution in [3.05, 3.63) is 34.6 Å². The topological polar surface area (TPSA) is 47.6 Å². The summed E-state index contributed by atoms with van der Waals surface area (Å²) < 4.78 is 18.4. The minimum absolute atomic E-state index is 0.0908. The maximum Gasteiger partial charge on any atom is 0.142 e. The average molecular weight is 259 g/mol. The highest BCUT2D eigenvalue weighted by atomic mass is 35.5. The lowest BCUT2D eigenvalue weighted by Crippen LogP contribution is -2.29. The van der Waals surface area contributed by atoms with Crippen molar-refractivity contribution in [2.45, 2.75) is 26.5 Å². The molecule has 0 saturated heterocycles. The summed E-state index contributed by atoms with van der Waals surface area (Å²) >= 11 is 5.80. The largest absolute Gasteiger partial charge is 0.385 e. The Morgan fingerprint density at radius 3 is 2.94 bits per heavy atom. The summed E-state index contributed by atoms with van der Waals surface area (Å²) in [6.07, 6.45) is -0.243. The van der Waals surface area contributed by atoms with Crippen LogP contribution in [0.4, 0.5) is 4.39 Å². The van der Waals surface area contributed by atoms with Crippen LogP contribution in [-0.2, 0) is 11.3 Å². The molecule has 0 amide bonds. The first-order chi connectivity index (χ1) is 8.06. The lowest BCUT2D eigenvalue weighted by Gasteiger charge is -2.11. The van der Waals surface area contributed by atoms with Gasteiger partial charge in [0.2, 0.25) is 0 Å². The minimum atomic E-state index is -0.448. The summed E-state index contributed by atoms with van der Waals surface area (Å²) in [7, 11) is 0. The molecule has 0 saturated carbocycles. The second-order valence-electron chi connectivity index (χ2n) is 3.55. The van der Waals surface area contributed by atoms with Crippen LogP contribution in [0.5, 0.6) is 0 Å². The molecule has 0 bridgehead atoms. The van der Waals surface area contributed by atoms with Gasteiger partial charge in [-0.25, -0.2) is 4.39 Å². The van der Waals surface area contributed by atoms with Crippen LogP contribution in [0.25, 0.3) is 0 Å². The summed E-state index contributed by atoms with van der Waals surface area (Å²) in [6.45, 7) is 4.51. The first-order valence-corrected chi connectivity index (χ1v) is 5.78. The Kier molecular flexibility index (Phi) is 5.38. The van der Waals surface area contributed by atoms with E-state index < -0.39 is 5.82 Å². The minimum Gasteiger partial charge on any atom is -0.385 e. The summed E-state index contributed by atoms with van der Waals surface area (Å²) in [5.41, 5.74) is 6.34. The summed E-state index contributed by atoms with van der Waals surface area (Å²) in [5.74, 6) is -0.0667. The maximum atomic E-state index is 13.1. The lowest BCUT2D eigenvalue weighted by atomic mass is 10.2. The number of hydrogen-bond acceptors (Lipinski definition) is 2. The number of nitrogens with zero attached hydrogens (tertiary/aromatic N) is 1. The summed E-state index contributed by atoms with van der Waals surface area (Å²) in [6, 6.07) is 4.61. The summed E-state index contributed by atoms with van der Waals surface area (Å²) in [4.78, 5) is 4.13. The third-order valence-electron chi connectivity index (χ3n) is 2.30. The molecule has 1 aromatic rings. The molecule has 0 radical (unpaired) electrons. The van der Waals surface area contributed by atoms with E-state index in [1.807, 2.05) is 13.8 Å². The van der Waals surface area contributed by atoms with E-state index in [0.717, 1.165) is 0 Å². The normalized spacial score (nSPS) is 13.8. The highest BCUT2D eigenvalue weighted by Crippen LogP contribution is 2.20. The first-order valence-electron chi connectivity index (χ1n) is 5.40. The zero-order valence-electron chi connectivity index (χ0n) is 9.91. The van der Waals surface area contributed by atoms with Gasteiger partial charge >= 0.3 is 0 Å². The van der Waals surface area contributed by atoms with Gasteiger partial charge in [-0.2, -0.15) is 0 Å². The van der Waals surface area contributed by atoms with Gasteiger partial charge < -0.3 is 10.5 Å². The Balaban J connectivity index is 2.72. The number of ether oxygens (including phenoxy) is 1. The van der Waals surface area contributed by atoms with E-state index >= 15 is 0 Å². The third-order valence-corrected chi connectivity index (χ3v) is 2.72. The number of rotatable bonds is 5. The highest BCUT2D eigenvalue weighted by molar-refractivity contribution is 6.31. The molecule has 0 fully saturated rings. The zero-order valence-corrected chi connectivity index (χ0v) is 10.7. The molecule has 0 aromatic heterocycles. The molecule has 0 spiro atoms. The van der Waals surface area contributed by atoms with E-state index in [1.165, 1.54) is 6.07 Å². The molecule has 0 heterocycles. The predicted molar refractivity (Wildman–Crippen MR) is 67.8 cm³/mol. The van der Waals surface area contributed by atoms with Crippen molar-refractivity contribution >= 4 is 17.4 Å². The van der Waals surface area contributed by atoms with Gasteiger partial charge in [0, 0.05) is 6.61 Å². The van der Waals surface area contributed by atoms with Crippen molar-refractivity contribution in [3.8, 4) is 0 Å². The summed E-state index contributed by atoms with van der Waals surface area (Å²) in [5, 5.41) is 0.0908. The Morgan fingerprint density at radius 1 is 1.59 bits per heavy atom. The number of hydrogen-bond donors (Lipinski definition) is 1. The van der Waals surface area contributed by atoms with Crippen molar-refractivity contribution in [1.82, 2.24) is 0 Å². The third kappa shape index (κ3) is 3.98. The van der Waals surface area contributed by atoms with E-state index in [0.29, 0.717) is 18.0 Å². The predicted octanol–water partition coefficient (Wildman–Crippen LogP) is 2.76. The smallest absolute Gasteiger partial charge is 0.142 e. The molecule has 1 rings (SSSR count). The lowest BCUT2D eigenvalue weighted by molar-refractivity contribution is 0.121. The monoisotopic (exact) mass is 258 g/mol. The SMILES string of the molecule is CCOC(C)C(N)=NCc1cccc(F)c1Cl. The van der Waals surface area contributed by atoms with E-state index in [2.05, 4.69) is 4.99 Å². The Hall–Kier alpha value is -1.13. The highest BCUT2D eigenvalue weighted by Gasteiger charge is 2.08. The zero-order chi connectivity index (χ0) is 12.8. The molecular formula is C12H16ClFN2O. The van der Waals surface area contributed by atoms with Crippen molar-refractivity contribution in [2.24, 2.45) is 10.7 Å². The molecule has 3 nitrogen and oxygen atoms in total. The molecule has 94 valence electrons. The van der Waals surface area contributed by atoms with E-state index in [9.17, 15) is 4.39 Å². The van der Waals surface area contributed by atoms with E-state index in [4.69, 9.17) is 22.1 Å². The number of aliphatic imine (C=N–C) groups is 1. The molecule has 1 unspecified atom stereocenters. The van der Waals surface area contributed by atoms with Gasteiger partial charge in [0.05, 0.1) is 11.6 Å². The van der Waals surface area contributed by atoms with Gasteiger partial charge in [0.25, 0.3) is 0 Å². The van der Waals surface area contributed by atoms with Crippen LogP contribution < -0.4 is 5.73 Å². The molecule has 0 aliphatic heterocycles. The Bertz CT molecular complexity index is 409. The van der Waals surface area contributed by atoms with Crippen LogP contribution in [0.1, 0.15) is 19.4 Å². The van der Waals surface area contributed by atoms with Crippen molar-refractivity contribution in [1.29, 1.82) is 0 Å². The van der Waals surface area contributed by atoms with Crippen molar-refractivity contribution in [3.63, 3.8) is 0 Å². The molecule has 1 aromatic carbocycles. The average Bonchev–Trinajstić information content (AvgIpc) is 2.31. The van der Waals surface area contributed by atoms with Gasteiger partial charge in [-0.05, 0) is 25.5 Å². The molecule has 17 heavy (non-hydrogen) atoms. The van der Waals surface area contributed by atoms with Crippen LogP contribution in [0, 0.1) is 5.82 Å². The number of nitrogens with two attached hydrogens (primary N) is 1. The van der Waals surface area contributed by atoms with Crippen molar-refractivity contribution < 1.29 is 9.13 Å². The molecule has 0 aliphatic carbocycles. The first kappa shape index (κ1) is 13.9. The molecule has 5 heteroatoms. The molecule has 0 aliphatic rings. The fraction of sp³-hybridized carbons (Fsp3) is 0.417. The molecular weight excluding hydrogens is 243 g/mol. The second-order valence-corrected chi connectivity index (χ2v) is 3.93. The van der Waals surface area contributed by atoms with Gasteiger partial charge in [-0.1, -0.05) is 23.7 Å². The number of benzene rings is 1. The van der Waals surface area contributed by atoms with E-state index in [-0.39, 0.29) is 17.7 Å². The van der Waals surface area contributed by atoms with Gasteiger partial charge in [0.15, 0.2) is 0 Å². The Labute approximate surface area is 105 Å². The second kappa shape index (κ2) is 6.57. The number of amidine groups is 1. The molecule has 1 atom stereocenters. The number of halogens is 2. The molecule has 2 N–H and O–H groups in total. The van der Waals surface area contributed by atoms with Crippen LogP contribution in [0.15, 0.2) is 23.2 Å². The van der Waals surface area contributed by atoms with Crippen LogP contribution in [0.3, 0.4) is 0 Å². The van der Waals surface area contributed by atoms with Crippen LogP contribution in [-0.4, -0.2) is 18.5 Å². The van der Waals surface area contributed by atoms with Gasteiger partial charge in [-0.15, -0.1) is 0 Å². The quantitative estimate of drug-likeness (QED) is 0.652. The fourth-order valence-corrected chi connectivity index (χ4v) is 1.50. The van der Waals surface area contributed by atoms with Gasteiger partial charge in [0.1, 0.15) is 17.8 Å². The van der Waals surface area contributed by atoms with Crippen molar-refractivity contribution in [2.75, 3.05) is 6.61 Å². The fourth-order valence-electron chi connectivity index (χ4n) is 1.31. The standard InChI is InChI=1S/C12H16ClFN2O/c1-3-17-8(2)12(15)16-7-9-5-4-6-10(14)11(9)13/h4-6,8H,3,7H2,1-2H3,(H2,15,16). The van der Waals surface area contributed by atoms with Gasteiger partial charge in [-0.3, -0.25) is 4.99 Å². The Morgan fingerprint density at radius 2 is 2.29 bits per heavy atom. The van der Waals surface area contributed by atoms with Crippen LogP contribution >= 0.6 is 11.6 Å².